The van der Waals surface area contributed by atoms with E-state index in [1.54, 1.807) is 0 Å². The van der Waals surface area contributed by atoms with Gasteiger partial charge >= 0.3 is 0 Å². The Hall–Kier alpha value is 0.230. The monoisotopic (exact) mass is 281 g/mol. The Morgan fingerprint density at radius 2 is 1.17 bits per heavy atom. The lowest BCUT2D eigenvalue weighted by Gasteiger charge is -2.21. The molecule has 0 fully saturated rings. The second-order valence-electron chi connectivity index (χ2n) is 3.82. The van der Waals surface area contributed by atoms with Crippen LogP contribution < -0.4 is 4.89 Å². The SMILES string of the molecule is CCCCOCCOP([O-])OCCOCCCC. The summed E-state index contributed by atoms with van der Waals surface area (Å²) >= 11 is 0. The van der Waals surface area contributed by atoms with Gasteiger partial charge in [-0.3, -0.25) is 0 Å². The van der Waals surface area contributed by atoms with Gasteiger partial charge in [-0.25, -0.2) is 0 Å². The molecule has 0 radical (unpaired) electrons. The van der Waals surface area contributed by atoms with Gasteiger partial charge in [-0.1, -0.05) is 26.7 Å². The van der Waals surface area contributed by atoms with Crippen LogP contribution in [0.3, 0.4) is 0 Å². The van der Waals surface area contributed by atoms with Crippen molar-refractivity contribution in [1.29, 1.82) is 0 Å². The number of rotatable bonds is 14. The van der Waals surface area contributed by atoms with Crippen LogP contribution in [-0.4, -0.2) is 39.6 Å². The van der Waals surface area contributed by atoms with Gasteiger partial charge in [0.05, 0.1) is 35.0 Å². The van der Waals surface area contributed by atoms with E-state index in [1.807, 2.05) is 0 Å². The molecule has 0 aliphatic heterocycles. The van der Waals surface area contributed by atoms with E-state index in [0.717, 1.165) is 38.9 Å². The van der Waals surface area contributed by atoms with Crippen molar-refractivity contribution in [3.05, 3.63) is 0 Å². The molecule has 0 spiro atoms. The summed E-state index contributed by atoms with van der Waals surface area (Å²) in [6.45, 7) is 7.17. The van der Waals surface area contributed by atoms with Gasteiger partial charge in [0.15, 0.2) is 0 Å². The predicted molar refractivity (Wildman–Crippen MR) is 70.3 cm³/mol. The van der Waals surface area contributed by atoms with Crippen molar-refractivity contribution in [2.24, 2.45) is 0 Å². The third-order valence-corrected chi connectivity index (χ3v) is 2.92. The molecular formula is C12H26O5P-. The number of unbranched alkanes of at least 4 members (excludes halogenated alkanes) is 2. The van der Waals surface area contributed by atoms with Gasteiger partial charge in [0, 0.05) is 13.2 Å². The Morgan fingerprint density at radius 1 is 0.722 bits per heavy atom. The summed E-state index contributed by atoms with van der Waals surface area (Å²) in [5.74, 6) is 0. The van der Waals surface area contributed by atoms with Crippen LogP contribution >= 0.6 is 8.60 Å². The van der Waals surface area contributed by atoms with Crippen LogP contribution in [0.15, 0.2) is 0 Å². The average molecular weight is 281 g/mol. The van der Waals surface area contributed by atoms with Crippen LogP contribution in [0.1, 0.15) is 39.5 Å². The molecule has 110 valence electrons. The molecule has 0 aromatic heterocycles. The van der Waals surface area contributed by atoms with Crippen molar-refractivity contribution in [2.75, 3.05) is 39.6 Å². The highest BCUT2D eigenvalue weighted by molar-refractivity contribution is 7.39. The third-order valence-electron chi connectivity index (χ3n) is 2.13. The Labute approximate surface area is 112 Å². The van der Waals surface area contributed by atoms with E-state index in [4.69, 9.17) is 18.5 Å². The summed E-state index contributed by atoms with van der Waals surface area (Å²) in [5.41, 5.74) is 0. The molecule has 0 heterocycles. The molecule has 0 bridgehead atoms. The summed E-state index contributed by atoms with van der Waals surface area (Å²) in [6.07, 6.45) is 4.29. The molecule has 0 saturated heterocycles. The van der Waals surface area contributed by atoms with Crippen molar-refractivity contribution in [3.63, 3.8) is 0 Å². The highest BCUT2D eigenvalue weighted by atomic mass is 31.2. The van der Waals surface area contributed by atoms with Gasteiger partial charge < -0.3 is 23.4 Å². The second-order valence-corrected chi connectivity index (χ2v) is 4.79. The van der Waals surface area contributed by atoms with E-state index in [9.17, 15) is 4.89 Å². The average Bonchev–Trinajstić information content (AvgIpc) is 2.38. The van der Waals surface area contributed by atoms with Crippen LogP contribution in [0.4, 0.5) is 0 Å². The first-order valence-electron chi connectivity index (χ1n) is 6.69. The normalized spacial score (nSPS) is 11.3. The molecule has 6 heteroatoms. The maximum atomic E-state index is 11.2. The van der Waals surface area contributed by atoms with Gasteiger partial charge in [0.2, 0.25) is 0 Å². The van der Waals surface area contributed by atoms with Crippen molar-refractivity contribution in [3.8, 4) is 0 Å². The molecule has 0 aliphatic carbocycles. The van der Waals surface area contributed by atoms with E-state index >= 15 is 0 Å². The quantitative estimate of drug-likeness (QED) is 0.361. The van der Waals surface area contributed by atoms with Gasteiger partial charge in [0.25, 0.3) is 0 Å². The van der Waals surface area contributed by atoms with Crippen LogP contribution in [0.5, 0.6) is 0 Å². The molecule has 0 amide bonds. The Kier molecular flexibility index (Phi) is 15.5. The van der Waals surface area contributed by atoms with Crippen LogP contribution in [0.25, 0.3) is 0 Å². The molecule has 0 aliphatic rings. The molecule has 0 saturated carbocycles. The first-order chi connectivity index (χ1) is 8.81. The summed E-state index contributed by atoms with van der Waals surface area (Å²) in [5, 5.41) is 0. The number of hydrogen-bond donors (Lipinski definition) is 0. The van der Waals surface area contributed by atoms with E-state index < -0.39 is 8.60 Å². The number of hydrogen-bond acceptors (Lipinski definition) is 5. The lowest BCUT2D eigenvalue weighted by Crippen LogP contribution is -2.11. The minimum absolute atomic E-state index is 0.301. The lowest BCUT2D eigenvalue weighted by molar-refractivity contribution is -0.206. The second kappa shape index (κ2) is 15.3. The van der Waals surface area contributed by atoms with Gasteiger partial charge in [-0.15, -0.1) is 0 Å². The summed E-state index contributed by atoms with van der Waals surface area (Å²) < 4.78 is 20.4. The minimum atomic E-state index is -2.04. The zero-order valence-corrected chi connectivity index (χ0v) is 12.5. The summed E-state index contributed by atoms with van der Waals surface area (Å²) in [4.78, 5) is 11.2. The fraction of sp³-hybridized carbons (Fsp3) is 1.00. The third kappa shape index (κ3) is 14.3. The lowest BCUT2D eigenvalue weighted by atomic mass is 10.4. The van der Waals surface area contributed by atoms with E-state index in [-0.39, 0.29) is 0 Å². The van der Waals surface area contributed by atoms with Crippen molar-refractivity contribution >= 4 is 8.60 Å². The van der Waals surface area contributed by atoms with Crippen molar-refractivity contribution in [2.45, 2.75) is 39.5 Å². The van der Waals surface area contributed by atoms with Crippen molar-refractivity contribution in [1.82, 2.24) is 0 Å². The molecule has 0 unspecified atom stereocenters. The highest BCUT2D eigenvalue weighted by Crippen LogP contribution is 2.26. The molecule has 0 aromatic carbocycles. The summed E-state index contributed by atoms with van der Waals surface area (Å²) in [6, 6.07) is 0. The first-order valence-corrected chi connectivity index (χ1v) is 7.79. The fourth-order valence-electron chi connectivity index (χ4n) is 1.08. The standard InChI is InChI=1S/C12H26O5P/c1-3-5-7-14-9-11-16-18(13)17-12-10-15-8-6-4-2/h3-12H2,1-2H3/q-1. The smallest absolute Gasteiger partial charge is 0.0831 e. The van der Waals surface area contributed by atoms with Crippen LogP contribution in [0.2, 0.25) is 0 Å². The highest BCUT2D eigenvalue weighted by Gasteiger charge is 1.96. The van der Waals surface area contributed by atoms with Gasteiger partial charge in [-0.2, -0.15) is 0 Å². The molecule has 0 N–H and O–H groups in total. The van der Waals surface area contributed by atoms with E-state index in [2.05, 4.69) is 13.8 Å². The molecule has 0 aromatic rings. The fourth-order valence-corrected chi connectivity index (χ4v) is 1.60. The summed E-state index contributed by atoms with van der Waals surface area (Å²) in [7, 11) is -2.04. The maximum Gasteiger partial charge on any atom is 0.0831 e. The maximum absolute atomic E-state index is 11.2. The molecule has 0 rings (SSSR count). The number of ether oxygens (including phenoxy) is 2. The predicted octanol–water partition coefficient (Wildman–Crippen LogP) is 2.24. The molecule has 0 atom stereocenters. The molecule has 18 heavy (non-hydrogen) atoms. The zero-order chi connectivity index (χ0) is 13.5. The minimum Gasteiger partial charge on any atom is -0.786 e. The van der Waals surface area contributed by atoms with E-state index in [1.165, 1.54) is 0 Å². The first kappa shape index (κ1) is 18.2. The Bertz CT molecular complexity index is 143. The zero-order valence-electron chi connectivity index (χ0n) is 11.6. The van der Waals surface area contributed by atoms with Gasteiger partial charge in [-0.05, 0) is 12.8 Å². The van der Waals surface area contributed by atoms with Gasteiger partial charge in [0.1, 0.15) is 0 Å². The Morgan fingerprint density at radius 3 is 1.56 bits per heavy atom. The topological polar surface area (TPSA) is 60.0 Å². The van der Waals surface area contributed by atoms with Crippen molar-refractivity contribution < 1.29 is 23.4 Å². The van der Waals surface area contributed by atoms with E-state index in [0.29, 0.717) is 26.4 Å². The molecule has 5 nitrogen and oxygen atoms in total. The molecular weight excluding hydrogens is 255 g/mol. The Balaban J connectivity index is 3.10. The largest absolute Gasteiger partial charge is 0.786 e. The van der Waals surface area contributed by atoms with Crippen LogP contribution in [-0.2, 0) is 18.5 Å². The van der Waals surface area contributed by atoms with Crippen LogP contribution in [0, 0.1) is 0 Å².